The van der Waals surface area contributed by atoms with Crippen molar-refractivity contribution < 1.29 is 4.52 Å². The van der Waals surface area contributed by atoms with Crippen LogP contribution in [0.4, 0.5) is 0 Å². The summed E-state index contributed by atoms with van der Waals surface area (Å²) < 4.78 is 7.42. The Kier molecular flexibility index (Phi) is 2.93. The molecule has 0 radical (unpaired) electrons. The van der Waals surface area contributed by atoms with Gasteiger partial charge in [-0.25, -0.2) is 4.67 Å². The maximum absolute atomic E-state index is 5.87. The van der Waals surface area contributed by atoms with E-state index >= 15 is 0 Å². The molecule has 0 aromatic carbocycles. The van der Waals surface area contributed by atoms with E-state index in [0.29, 0.717) is 12.0 Å². The van der Waals surface area contributed by atoms with Crippen LogP contribution in [-0.4, -0.2) is 24.4 Å². The van der Waals surface area contributed by atoms with Crippen LogP contribution in [0.5, 0.6) is 0 Å². The lowest BCUT2D eigenvalue weighted by molar-refractivity contribution is 0.274. The summed E-state index contributed by atoms with van der Waals surface area (Å²) in [5, 5.41) is 0. The van der Waals surface area contributed by atoms with Crippen LogP contribution in [0.1, 0.15) is 13.8 Å². The maximum atomic E-state index is 5.87. The number of nitrogens with zero attached hydrogens (tertiary/aromatic N) is 1. The second-order valence-corrected chi connectivity index (χ2v) is 5.12. The molecule has 0 aromatic heterocycles. The van der Waals surface area contributed by atoms with Crippen molar-refractivity contribution in [2.45, 2.75) is 19.9 Å². The van der Waals surface area contributed by atoms with Gasteiger partial charge in [-0.2, -0.15) is 0 Å². The summed E-state index contributed by atoms with van der Waals surface area (Å²) >= 11 is 5.87. The Labute approximate surface area is 68.2 Å². The van der Waals surface area contributed by atoms with Gasteiger partial charge in [0.05, 0.1) is 6.61 Å². The summed E-state index contributed by atoms with van der Waals surface area (Å²) in [4.78, 5) is 0. The van der Waals surface area contributed by atoms with E-state index in [1.165, 1.54) is 0 Å². The molecule has 10 heavy (non-hydrogen) atoms. The van der Waals surface area contributed by atoms with E-state index in [4.69, 9.17) is 15.8 Å². The minimum atomic E-state index is -0.792. The molecule has 1 aliphatic rings. The SMILES string of the molecule is CC(C)[C@H]1COP(Cl)N1C. The molecular weight excluding hydrogens is 168 g/mol. The molecule has 2 nitrogen and oxygen atoms in total. The van der Waals surface area contributed by atoms with Crippen LogP contribution in [0.25, 0.3) is 0 Å². The van der Waals surface area contributed by atoms with Crippen LogP contribution in [0, 0.1) is 5.92 Å². The Morgan fingerprint density at radius 3 is 2.50 bits per heavy atom. The summed E-state index contributed by atoms with van der Waals surface area (Å²) in [5.41, 5.74) is 0. The molecule has 1 rings (SSSR count). The zero-order chi connectivity index (χ0) is 7.72. The van der Waals surface area contributed by atoms with Gasteiger partial charge in [0.2, 0.25) is 7.65 Å². The summed E-state index contributed by atoms with van der Waals surface area (Å²) in [6, 6.07) is 0.517. The van der Waals surface area contributed by atoms with E-state index in [9.17, 15) is 0 Å². The Hall–Kier alpha value is 0.640. The third kappa shape index (κ3) is 1.62. The second kappa shape index (κ2) is 3.36. The molecule has 0 aliphatic carbocycles. The third-order valence-electron chi connectivity index (χ3n) is 1.85. The molecule has 0 spiro atoms. The summed E-state index contributed by atoms with van der Waals surface area (Å²) in [5.74, 6) is 0.635. The molecule has 0 bridgehead atoms. The number of hydrogen-bond acceptors (Lipinski definition) is 2. The highest BCUT2D eigenvalue weighted by Gasteiger charge is 2.32. The normalized spacial score (nSPS) is 35.7. The van der Waals surface area contributed by atoms with E-state index in [1.807, 2.05) is 7.05 Å². The lowest BCUT2D eigenvalue weighted by Crippen LogP contribution is -2.28. The molecule has 4 heteroatoms. The van der Waals surface area contributed by atoms with Crippen molar-refractivity contribution in [2.75, 3.05) is 13.7 Å². The fourth-order valence-electron chi connectivity index (χ4n) is 1.08. The van der Waals surface area contributed by atoms with Crippen LogP contribution in [0.15, 0.2) is 0 Å². The quantitative estimate of drug-likeness (QED) is 0.576. The number of likely N-dealkylation sites (N-methyl/N-ethyl adjacent to an activating group) is 1. The van der Waals surface area contributed by atoms with Gasteiger partial charge in [0.25, 0.3) is 0 Å². The van der Waals surface area contributed by atoms with Gasteiger partial charge in [-0.1, -0.05) is 13.8 Å². The van der Waals surface area contributed by atoms with E-state index in [0.717, 1.165) is 6.61 Å². The molecule has 1 aliphatic heterocycles. The second-order valence-electron chi connectivity index (χ2n) is 2.91. The first-order chi connectivity index (χ1) is 4.63. The minimum Gasteiger partial charge on any atom is -0.330 e. The first-order valence-corrected chi connectivity index (χ1v) is 5.56. The maximum Gasteiger partial charge on any atom is 0.206 e. The van der Waals surface area contributed by atoms with Gasteiger partial charge in [-0.05, 0) is 24.2 Å². The Morgan fingerprint density at radius 1 is 1.70 bits per heavy atom. The molecule has 1 unspecified atom stereocenters. The highest BCUT2D eigenvalue weighted by atomic mass is 35.7. The number of rotatable bonds is 1. The molecule has 1 saturated heterocycles. The third-order valence-corrected chi connectivity index (χ3v) is 4.01. The van der Waals surface area contributed by atoms with Crippen molar-refractivity contribution in [1.82, 2.24) is 4.67 Å². The fraction of sp³-hybridized carbons (Fsp3) is 1.00. The Morgan fingerprint density at radius 2 is 2.30 bits per heavy atom. The van der Waals surface area contributed by atoms with Gasteiger partial charge in [0.15, 0.2) is 0 Å². The van der Waals surface area contributed by atoms with Crippen molar-refractivity contribution in [3.05, 3.63) is 0 Å². The van der Waals surface area contributed by atoms with Gasteiger partial charge in [-0.3, -0.25) is 0 Å². The molecule has 1 heterocycles. The monoisotopic (exact) mass is 181 g/mol. The predicted octanol–water partition coefficient (Wildman–Crippen LogP) is 2.44. The molecule has 2 atom stereocenters. The number of halogens is 1. The smallest absolute Gasteiger partial charge is 0.206 e. The zero-order valence-electron chi connectivity index (χ0n) is 6.54. The molecule has 1 fully saturated rings. The van der Waals surface area contributed by atoms with Crippen LogP contribution >= 0.6 is 18.9 Å². The first kappa shape index (κ1) is 8.73. The average Bonchev–Trinajstić information content (AvgIpc) is 2.14. The van der Waals surface area contributed by atoms with Gasteiger partial charge >= 0.3 is 0 Å². The fourth-order valence-corrected chi connectivity index (χ4v) is 2.61. The van der Waals surface area contributed by atoms with E-state index < -0.39 is 7.65 Å². The summed E-state index contributed by atoms with van der Waals surface area (Å²) in [6.07, 6.45) is 0. The average molecular weight is 182 g/mol. The van der Waals surface area contributed by atoms with Gasteiger partial charge < -0.3 is 4.52 Å². The van der Waals surface area contributed by atoms with Gasteiger partial charge in [0.1, 0.15) is 0 Å². The van der Waals surface area contributed by atoms with Gasteiger partial charge in [0, 0.05) is 6.04 Å². The Bertz CT molecular complexity index is 122. The predicted molar refractivity (Wildman–Crippen MR) is 45.1 cm³/mol. The number of hydrogen-bond donors (Lipinski definition) is 0. The van der Waals surface area contributed by atoms with Crippen LogP contribution in [-0.2, 0) is 4.52 Å². The zero-order valence-corrected chi connectivity index (χ0v) is 8.19. The van der Waals surface area contributed by atoms with E-state index in [1.54, 1.807) is 0 Å². The van der Waals surface area contributed by atoms with Crippen molar-refractivity contribution >= 4 is 18.9 Å². The van der Waals surface area contributed by atoms with Crippen molar-refractivity contribution in [3.63, 3.8) is 0 Å². The summed E-state index contributed by atoms with van der Waals surface area (Å²) in [7, 11) is 1.23. The molecule has 60 valence electrons. The molecule has 0 aromatic rings. The minimum absolute atomic E-state index is 0.517. The molecule has 0 saturated carbocycles. The van der Waals surface area contributed by atoms with Crippen molar-refractivity contribution in [1.29, 1.82) is 0 Å². The van der Waals surface area contributed by atoms with Crippen molar-refractivity contribution in [2.24, 2.45) is 5.92 Å². The Balaban J connectivity index is 2.49. The van der Waals surface area contributed by atoms with E-state index in [2.05, 4.69) is 18.5 Å². The van der Waals surface area contributed by atoms with Crippen LogP contribution in [0.3, 0.4) is 0 Å². The summed E-state index contributed by atoms with van der Waals surface area (Å²) in [6.45, 7) is 5.18. The molecule has 0 amide bonds. The van der Waals surface area contributed by atoms with Gasteiger partial charge in [-0.15, -0.1) is 0 Å². The first-order valence-electron chi connectivity index (χ1n) is 3.44. The van der Waals surface area contributed by atoms with Crippen LogP contribution < -0.4 is 0 Å². The topological polar surface area (TPSA) is 12.5 Å². The van der Waals surface area contributed by atoms with Crippen molar-refractivity contribution in [3.8, 4) is 0 Å². The largest absolute Gasteiger partial charge is 0.330 e. The van der Waals surface area contributed by atoms with Crippen LogP contribution in [0.2, 0.25) is 0 Å². The molecular formula is C6H13ClNOP. The lowest BCUT2D eigenvalue weighted by atomic mass is 10.1. The highest BCUT2D eigenvalue weighted by Crippen LogP contribution is 2.52. The molecule has 0 N–H and O–H groups in total. The van der Waals surface area contributed by atoms with E-state index in [-0.39, 0.29) is 0 Å². The standard InChI is InChI=1S/C6H13ClNOP/c1-5(2)6-4-9-10(7)8(6)3/h5-6H,4H2,1-3H3/t6-,10?/m1/s1. The highest BCUT2D eigenvalue weighted by molar-refractivity contribution is 7.78. The lowest BCUT2D eigenvalue weighted by Gasteiger charge is -2.21.